The molecule has 0 atom stereocenters. The van der Waals surface area contributed by atoms with Crippen LogP contribution >= 0.6 is 0 Å². The molecule has 1 fully saturated rings. The number of benzene rings is 1. The van der Waals surface area contributed by atoms with Crippen LogP contribution in [0.3, 0.4) is 0 Å². The number of nitrogens with one attached hydrogen (secondary N) is 1. The zero-order valence-electron chi connectivity index (χ0n) is 17.8. The third-order valence-electron chi connectivity index (χ3n) is 6.07. The van der Waals surface area contributed by atoms with Crippen molar-refractivity contribution < 1.29 is 9.18 Å². The molecular formula is C23H30FN5O. The number of nitrogens with zero attached hydrogens (tertiary/aromatic N) is 4. The van der Waals surface area contributed by atoms with Crippen LogP contribution in [0.4, 0.5) is 4.39 Å². The van der Waals surface area contributed by atoms with E-state index in [9.17, 15) is 14.4 Å². The third kappa shape index (κ3) is 5.25. The van der Waals surface area contributed by atoms with Gasteiger partial charge in [-0.1, -0.05) is 19.3 Å². The van der Waals surface area contributed by atoms with Gasteiger partial charge < -0.3 is 4.90 Å². The number of hydrogen-bond acceptors (Lipinski definition) is 4. The number of H-pyrrole nitrogens is 1. The number of amides is 1. The molecule has 1 saturated carbocycles. The van der Waals surface area contributed by atoms with Crippen LogP contribution in [0.5, 0.6) is 0 Å². The van der Waals surface area contributed by atoms with Gasteiger partial charge in [0.05, 0.1) is 18.3 Å². The number of halogens is 1. The van der Waals surface area contributed by atoms with Crippen LogP contribution in [-0.4, -0.2) is 58.6 Å². The van der Waals surface area contributed by atoms with Crippen molar-refractivity contribution in [2.75, 3.05) is 27.2 Å². The van der Waals surface area contributed by atoms with Gasteiger partial charge in [0.2, 0.25) is 5.91 Å². The molecule has 6 nitrogen and oxygen atoms in total. The van der Waals surface area contributed by atoms with Gasteiger partial charge in [0.1, 0.15) is 11.4 Å². The molecule has 1 aliphatic carbocycles. The predicted molar refractivity (Wildman–Crippen MR) is 114 cm³/mol. The minimum Gasteiger partial charge on any atom is -0.326 e. The average molecular weight is 412 g/mol. The molecule has 1 aromatic carbocycles. The number of aryl methyl sites for hydroxylation is 1. The van der Waals surface area contributed by atoms with E-state index >= 15 is 0 Å². The molecule has 3 rings (SSSR count). The predicted octanol–water partition coefficient (Wildman–Crippen LogP) is 3.77. The Morgan fingerprint density at radius 2 is 1.93 bits per heavy atom. The van der Waals surface area contributed by atoms with Crippen molar-refractivity contribution in [1.82, 2.24) is 20.0 Å². The van der Waals surface area contributed by atoms with Crippen LogP contribution in [0.1, 0.15) is 44.2 Å². The number of hydrogen-bond donors (Lipinski definition) is 1. The van der Waals surface area contributed by atoms with E-state index in [-0.39, 0.29) is 11.7 Å². The molecule has 0 saturated heterocycles. The molecule has 2 aromatic rings. The maximum absolute atomic E-state index is 13.1. The van der Waals surface area contributed by atoms with Crippen molar-refractivity contribution >= 4 is 5.91 Å². The summed E-state index contributed by atoms with van der Waals surface area (Å²) in [7, 11) is 3.70. The van der Waals surface area contributed by atoms with Crippen LogP contribution in [0.25, 0.3) is 11.3 Å². The molecule has 0 aliphatic heterocycles. The highest BCUT2D eigenvalue weighted by Gasteiger charge is 2.38. The standard InChI is InChI=1S/C23H30FN5O/c1-28(16-22(30)29(2)23(17-25)12-4-3-5-13-23)14-6-7-20-15-21(27-26-20)18-8-10-19(24)11-9-18/h8-11,15H,3-7,12-14,16H2,1-2H3,(H,26,27). The van der Waals surface area contributed by atoms with E-state index in [1.165, 1.54) is 12.1 Å². The van der Waals surface area contributed by atoms with Gasteiger partial charge in [0, 0.05) is 18.3 Å². The molecule has 0 spiro atoms. The fourth-order valence-corrected chi connectivity index (χ4v) is 4.11. The maximum Gasteiger partial charge on any atom is 0.237 e. The molecule has 30 heavy (non-hydrogen) atoms. The van der Waals surface area contributed by atoms with Crippen LogP contribution < -0.4 is 0 Å². The zero-order chi connectivity index (χ0) is 21.6. The first-order valence-corrected chi connectivity index (χ1v) is 10.6. The fourth-order valence-electron chi connectivity index (χ4n) is 4.11. The van der Waals surface area contributed by atoms with Crippen LogP contribution in [0.2, 0.25) is 0 Å². The Labute approximate surface area is 177 Å². The first-order valence-electron chi connectivity index (χ1n) is 10.6. The van der Waals surface area contributed by atoms with E-state index < -0.39 is 5.54 Å². The first kappa shape index (κ1) is 22.0. The number of carbonyl (C=O) groups is 1. The summed E-state index contributed by atoms with van der Waals surface area (Å²) >= 11 is 0. The van der Waals surface area contributed by atoms with Crippen molar-refractivity contribution in [3.63, 3.8) is 0 Å². The average Bonchev–Trinajstić information content (AvgIpc) is 3.23. The van der Waals surface area contributed by atoms with Crippen molar-refractivity contribution in [1.29, 1.82) is 5.26 Å². The summed E-state index contributed by atoms with van der Waals surface area (Å²) in [6.45, 7) is 1.08. The normalized spacial score (nSPS) is 15.7. The molecule has 160 valence electrons. The monoisotopic (exact) mass is 411 g/mol. The highest BCUT2D eigenvalue weighted by Crippen LogP contribution is 2.32. The minimum absolute atomic E-state index is 0.00101. The Morgan fingerprint density at radius 3 is 2.60 bits per heavy atom. The van der Waals surface area contributed by atoms with Gasteiger partial charge in [0.25, 0.3) is 0 Å². The quantitative estimate of drug-likeness (QED) is 0.718. The minimum atomic E-state index is -0.636. The second kappa shape index (κ2) is 9.86. The summed E-state index contributed by atoms with van der Waals surface area (Å²) in [5.74, 6) is -0.261. The van der Waals surface area contributed by atoms with E-state index in [0.717, 1.165) is 68.4 Å². The molecule has 1 aromatic heterocycles. The molecule has 0 radical (unpaired) electrons. The number of rotatable bonds is 8. The molecule has 1 amide bonds. The van der Waals surface area contributed by atoms with E-state index in [1.54, 1.807) is 24.1 Å². The lowest BCUT2D eigenvalue weighted by molar-refractivity contribution is -0.135. The second-order valence-corrected chi connectivity index (χ2v) is 8.28. The highest BCUT2D eigenvalue weighted by molar-refractivity contribution is 5.79. The summed E-state index contributed by atoms with van der Waals surface area (Å²) in [6.07, 6.45) is 6.38. The van der Waals surface area contributed by atoms with Crippen molar-refractivity contribution in [3.05, 3.63) is 41.8 Å². The van der Waals surface area contributed by atoms with Gasteiger partial charge in [0.15, 0.2) is 0 Å². The number of likely N-dealkylation sites (N-methyl/N-ethyl adjacent to an activating group) is 2. The van der Waals surface area contributed by atoms with Crippen molar-refractivity contribution in [2.45, 2.75) is 50.5 Å². The SMILES string of the molecule is CN(CCCc1cc(-c2ccc(F)cc2)n[nH]1)CC(=O)N(C)C1(C#N)CCCCC1. The first-order chi connectivity index (χ1) is 14.4. The van der Waals surface area contributed by atoms with Gasteiger partial charge in [-0.25, -0.2) is 4.39 Å². The molecule has 1 aliphatic rings. The lowest BCUT2D eigenvalue weighted by Crippen LogP contribution is -2.52. The second-order valence-electron chi connectivity index (χ2n) is 8.28. The van der Waals surface area contributed by atoms with E-state index in [4.69, 9.17) is 0 Å². The Morgan fingerprint density at radius 1 is 1.23 bits per heavy atom. The summed E-state index contributed by atoms with van der Waals surface area (Å²) in [5.41, 5.74) is 2.04. The Bertz CT molecular complexity index is 880. The van der Waals surface area contributed by atoms with Crippen LogP contribution in [0, 0.1) is 17.1 Å². The van der Waals surface area contributed by atoms with Gasteiger partial charge in [-0.2, -0.15) is 10.4 Å². The summed E-state index contributed by atoms with van der Waals surface area (Å²) in [5, 5.41) is 17.0. The Kier molecular flexibility index (Phi) is 7.22. The van der Waals surface area contributed by atoms with E-state index in [2.05, 4.69) is 16.3 Å². The lowest BCUT2D eigenvalue weighted by atomic mass is 9.81. The van der Waals surface area contributed by atoms with E-state index in [1.807, 2.05) is 18.0 Å². The number of nitriles is 1. The zero-order valence-corrected chi connectivity index (χ0v) is 17.8. The Balaban J connectivity index is 1.46. The molecule has 0 bridgehead atoms. The highest BCUT2D eigenvalue weighted by atomic mass is 19.1. The number of carbonyl (C=O) groups excluding carboxylic acids is 1. The van der Waals surface area contributed by atoms with Crippen LogP contribution in [-0.2, 0) is 11.2 Å². The Hall–Kier alpha value is -2.72. The third-order valence-corrected chi connectivity index (χ3v) is 6.07. The smallest absolute Gasteiger partial charge is 0.237 e. The van der Waals surface area contributed by atoms with Gasteiger partial charge in [-0.15, -0.1) is 0 Å². The largest absolute Gasteiger partial charge is 0.326 e. The molecular weight excluding hydrogens is 381 g/mol. The summed E-state index contributed by atoms with van der Waals surface area (Å²) in [4.78, 5) is 16.4. The van der Waals surface area contributed by atoms with E-state index in [0.29, 0.717) is 6.54 Å². The van der Waals surface area contributed by atoms with Crippen LogP contribution in [0.15, 0.2) is 30.3 Å². The molecule has 1 N–H and O–H groups in total. The maximum atomic E-state index is 13.1. The summed E-state index contributed by atoms with van der Waals surface area (Å²) in [6, 6.07) is 10.7. The van der Waals surface area contributed by atoms with Gasteiger partial charge in [-0.3, -0.25) is 14.8 Å². The van der Waals surface area contributed by atoms with Crippen molar-refractivity contribution in [2.24, 2.45) is 0 Å². The number of aromatic nitrogens is 2. The van der Waals surface area contributed by atoms with Gasteiger partial charge in [-0.05, 0) is 69.6 Å². The summed E-state index contributed by atoms with van der Waals surface area (Å²) < 4.78 is 13.1. The van der Waals surface area contributed by atoms with Crippen molar-refractivity contribution in [3.8, 4) is 17.3 Å². The fraction of sp³-hybridized carbons (Fsp3) is 0.522. The number of aromatic amines is 1. The topological polar surface area (TPSA) is 76.0 Å². The van der Waals surface area contributed by atoms with Gasteiger partial charge >= 0.3 is 0 Å². The molecule has 7 heteroatoms. The lowest BCUT2D eigenvalue weighted by Gasteiger charge is -2.39. The molecule has 1 heterocycles. The molecule has 0 unspecified atom stereocenters.